The second-order valence-corrected chi connectivity index (χ2v) is 4.73. The molecule has 0 aromatic carbocycles. The van der Waals surface area contributed by atoms with E-state index in [1.54, 1.807) is 0 Å². The molecule has 17 heavy (non-hydrogen) atoms. The summed E-state index contributed by atoms with van der Waals surface area (Å²) in [5, 5.41) is 0. The van der Waals surface area contributed by atoms with Crippen LogP contribution in [0.1, 0.15) is 26.7 Å². The average Bonchev–Trinajstić information content (AvgIpc) is 2.37. The van der Waals surface area contributed by atoms with Crippen LogP contribution in [-0.2, 0) is 4.74 Å². The number of likely N-dealkylation sites (tertiary alicyclic amines) is 1. The van der Waals surface area contributed by atoms with Gasteiger partial charge in [-0.1, -0.05) is 13.8 Å². The Balaban J connectivity index is 2.06. The first kappa shape index (κ1) is 14.9. The molecule has 0 aromatic heterocycles. The number of piperidine rings is 1. The van der Waals surface area contributed by atoms with Gasteiger partial charge in [-0.15, -0.1) is 0 Å². The Kier molecular flexibility index (Phi) is 7.77. The molecular formula is C13H29N3O. The van der Waals surface area contributed by atoms with Crippen LogP contribution in [0.4, 0.5) is 0 Å². The zero-order valence-corrected chi connectivity index (χ0v) is 11.5. The molecule has 102 valence electrons. The van der Waals surface area contributed by atoms with Gasteiger partial charge >= 0.3 is 0 Å². The molecule has 4 heteroatoms. The van der Waals surface area contributed by atoms with Gasteiger partial charge in [-0.2, -0.15) is 0 Å². The summed E-state index contributed by atoms with van der Waals surface area (Å²) in [4.78, 5) is 4.84. The highest BCUT2D eigenvalue weighted by atomic mass is 16.5. The Hall–Kier alpha value is -0.160. The van der Waals surface area contributed by atoms with Gasteiger partial charge in [0.25, 0.3) is 0 Å². The third-order valence-corrected chi connectivity index (χ3v) is 3.64. The highest BCUT2D eigenvalue weighted by Crippen LogP contribution is 2.13. The van der Waals surface area contributed by atoms with Gasteiger partial charge in [-0.25, -0.2) is 0 Å². The summed E-state index contributed by atoms with van der Waals surface area (Å²) in [7, 11) is 0. The Morgan fingerprint density at radius 1 is 1.24 bits per heavy atom. The molecule has 1 aliphatic rings. The maximum Gasteiger partial charge on any atom is 0.0600 e. The fraction of sp³-hybridized carbons (Fsp3) is 1.00. The van der Waals surface area contributed by atoms with Gasteiger partial charge in [0.05, 0.1) is 12.7 Å². The van der Waals surface area contributed by atoms with Gasteiger partial charge < -0.3 is 20.3 Å². The van der Waals surface area contributed by atoms with Crippen molar-refractivity contribution in [2.45, 2.75) is 32.8 Å². The molecule has 1 fully saturated rings. The van der Waals surface area contributed by atoms with E-state index in [0.717, 1.165) is 65.3 Å². The lowest BCUT2D eigenvalue weighted by Crippen LogP contribution is -2.40. The number of likely N-dealkylation sites (N-methyl/N-ethyl adjacent to an activating group) is 1. The lowest BCUT2D eigenvalue weighted by Gasteiger charge is -2.32. The number of hydrogen-bond donors (Lipinski definition) is 1. The maximum atomic E-state index is 5.94. The molecular weight excluding hydrogens is 214 g/mol. The van der Waals surface area contributed by atoms with Crippen molar-refractivity contribution >= 4 is 0 Å². The third kappa shape index (κ3) is 5.82. The zero-order chi connectivity index (χ0) is 12.5. The van der Waals surface area contributed by atoms with Crippen molar-refractivity contribution in [2.75, 3.05) is 52.4 Å². The molecule has 0 amide bonds. The van der Waals surface area contributed by atoms with Crippen molar-refractivity contribution in [3.63, 3.8) is 0 Å². The standard InChI is InChI=1S/C13H29N3O/c1-3-15(4-2)11-12-17-13-5-8-16(9-6-13)10-7-14/h13H,3-12,14H2,1-2H3. The smallest absolute Gasteiger partial charge is 0.0600 e. The van der Waals surface area contributed by atoms with Crippen molar-refractivity contribution in [3.8, 4) is 0 Å². The molecule has 0 bridgehead atoms. The first-order valence-electron chi connectivity index (χ1n) is 7.06. The maximum absolute atomic E-state index is 5.94. The molecule has 0 aliphatic carbocycles. The molecule has 1 rings (SSSR count). The van der Waals surface area contributed by atoms with Crippen LogP contribution in [0.15, 0.2) is 0 Å². The van der Waals surface area contributed by atoms with Crippen LogP contribution in [-0.4, -0.2) is 68.3 Å². The van der Waals surface area contributed by atoms with Crippen molar-refractivity contribution in [1.29, 1.82) is 0 Å². The highest BCUT2D eigenvalue weighted by molar-refractivity contribution is 4.72. The first-order chi connectivity index (χ1) is 8.30. The SMILES string of the molecule is CCN(CC)CCOC1CCN(CCN)CC1. The molecule has 4 nitrogen and oxygen atoms in total. The van der Waals surface area contributed by atoms with E-state index >= 15 is 0 Å². The van der Waals surface area contributed by atoms with Gasteiger partial charge in [0.2, 0.25) is 0 Å². The van der Waals surface area contributed by atoms with Gasteiger partial charge in [0.15, 0.2) is 0 Å². The largest absolute Gasteiger partial charge is 0.377 e. The molecule has 0 atom stereocenters. The predicted octanol–water partition coefficient (Wildman–Crippen LogP) is 0.768. The summed E-state index contributed by atoms with van der Waals surface area (Å²) in [6.45, 7) is 12.7. The van der Waals surface area contributed by atoms with Crippen LogP contribution in [0, 0.1) is 0 Å². The fourth-order valence-corrected chi connectivity index (χ4v) is 2.37. The number of nitrogens with zero attached hydrogens (tertiary/aromatic N) is 2. The minimum absolute atomic E-state index is 0.472. The average molecular weight is 243 g/mol. The lowest BCUT2D eigenvalue weighted by atomic mass is 10.1. The van der Waals surface area contributed by atoms with E-state index in [1.807, 2.05) is 0 Å². The Labute approximate surface area is 106 Å². The minimum Gasteiger partial charge on any atom is -0.377 e. The summed E-state index contributed by atoms with van der Waals surface area (Å²) >= 11 is 0. The normalized spacial score (nSPS) is 19.1. The van der Waals surface area contributed by atoms with Gasteiger partial charge in [-0.3, -0.25) is 0 Å². The molecule has 0 radical (unpaired) electrons. The first-order valence-corrected chi connectivity index (χ1v) is 7.06. The molecule has 1 saturated heterocycles. The van der Waals surface area contributed by atoms with Gasteiger partial charge in [0.1, 0.15) is 0 Å². The number of hydrogen-bond acceptors (Lipinski definition) is 4. The second-order valence-electron chi connectivity index (χ2n) is 4.73. The summed E-state index contributed by atoms with van der Waals surface area (Å²) in [6.07, 6.45) is 2.80. The summed E-state index contributed by atoms with van der Waals surface area (Å²) in [5.74, 6) is 0. The predicted molar refractivity (Wildman–Crippen MR) is 72.3 cm³/mol. The monoisotopic (exact) mass is 243 g/mol. The zero-order valence-electron chi connectivity index (χ0n) is 11.5. The molecule has 1 heterocycles. The van der Waals surface area contributed by atoms with E-state index < -0.39 is 0 Å². The summed E-state index contributed by atoms with van der Waals surface area (Å²) in [5.41, 5.74) is 5.56. The number of ether oxygens (including phenoxy) is 1. The van der Waals surface area contributed by atoms with Crippen molar-refractivity contribution in [2.24, 2.45) is 5.73 Å². The van der Waals surface area contributed by atoms with Crippen molar-refractivity contribution in [1.82, 2.24) is 9.80 Å². The quantitative estimate of drug-likeness (QED) is 0.684. The Morgan fingerprint density at radius 3 is 2.41 bits per heavy atom. The Morgan fingerprint density at radius 2 is 1.88 bits per heavy atom. The van der Waals surface area contributed by atoms with Crippen molar-refractivity contribution in [3.05, 3.63) is 0 Å². The molecule has 0 spiro atoms. The number of rotatable bonds is 8. The van der Waals surface area contributed by atoms with Crippen LogP contribution >= 0.6 is 0 Å². The van der Waals surface area contributed by atoms with E-state index in [2.05, 4.69) is 23.6 Å². The van der Waals surface area contributed by atoms with Gasteiger partial charge in [-0.05, 0) is 25.9 Å². The lowest BCUT2D eigenvalue weighted by molar-refractivity contribution is -0.000220. The minimum atomic E-state index is 0.472. The van der Waals surface area contributed by atoms with Crippen LogP contribution < -0.4 is 5.73 Å². The molecule has 1 aliphatic heterocycles. The van der Waals surface area contributed by atoms with Crippen LogP contribution in [0.3, 0.4) is 0 Å². The van der Waals surface area contributed by atoms with Crippen LogP contribution in [0.5, 0.6) is 0 Å². The molecule has 0 aromatic rings. The van der Waals surface area contributed by atoms with Crippen molar-refractivity contribution < 1.29 is 4.74 Å². The highest BCUT2D eigenvalue weighted by Gasteiger charge is 2.18. The van der Waals surface area contributed by atoms with E-state index in [4.69, 9.17) is 10.5 Å². The van der Waals surface area contributed by atoms with E-state index in [9.17, 15) is 0 Å². The molecule has 0 unspecified atom stereocenters. The molecule has 0 saturated carbocycles. The fourth-order valence-electron chi connectivity index (χ4n) is 2.37. The topological polar surface area (TPSA) is 41.7 Å². The van der Waals surface area contributed by atoms with Crippen LogP contribution in [0.25, 0.3) is 0 Å². The van der Waals surface area contributed by atoms with E-state index in [1.165, 1.54) is 0 Å². The van der Waals surface area contributed by atoms with Crippen LogP contribution in [0.2, 0.25) is 0 Å². The Bertz CT molecular complexity index is 178. The van der Waals surface area contributed by atoms with E-state index in [-0.39, 0.29) is 0 Å². The third-order valence-electron chi connectivity index (χ3n) is 3.64. The van der Waals surface area contributed by atoms with Gasteiger partial charge in [0, 0.05) is 32.7 Å². The second kappa shape index (κ2) is 8.86. The number of nitrogens with two attached hydrogens (primary N) is 1. The van der Waals surface area contributed by atoms with E-state index in [0.29, 0.717) is 6.10 Å². The molecule has 2 N–H and O–H groups in total. The summed E-state index contributed by atoms with van der Waals surface area (Å²) in [6, 6.07) is 0. The summed E-state index contributed by atoms with van der Waals surface area (Å²) < 4.78 is 5.94.